The summed E-state index contributed by atoms with van der Waals surface area (Å²) in [5, 5.41) is 11.6. The molecule has 1 aliphatic carbocycles. The Morgan fingerprint density at radius 3 is 2.62 bits per heavy atom. The maximum Gasteiger partial charge on any atom is 0.410 e. The summed E-state index contributed by atoms with van der Waals surface area (Å²) in [7, 11) is 0. The highest BCUT2D eigenvalue weighted by molar-refractivity contribution is 5.70. The van der Waals surface area contributed by atoms with E-state index in [0.29, 0.717) is 26.1 Å². The van der Waals surface area contributed by atoms with E-state index in [1.807, 2.05) is 32.9 Å². The van der Waals surface area contributed by atoms with E-state index >= 15 is 0 Å². The number of rotatable bonds is 1. The van der Waals surface area contributed by atoms with E-state index < -0.39 is 11.2 Å². The van der Waals surface area contributed by atoms with Gasteiger partial charge in [-0.2, -0.15) is 0 Å². The van der Waals surface area contributed by atoms with Gasteiger partial charge in [-0.25, -0.2) is 4.79 Å². The molecular formula is C21H27NO4. The quantitative estimate of drug-likeness (QED) is 0.838. The van der Waals surface area contributed by atoms with Crippen LogP contribution in [0.25, 0.3) is 6.08 Å². The standard InChI is InChI=1S/C21H27NO4/c1-20(2,3)26-19(23)22-15-10-21(24,11-16(22)13-25-12-15)18-9-5-7-14-6-4-8-17(14)18/h4-7,9,15-16,24H,8,10-13H2,1-3H3. The zero-order chi connectivity index (χ0) is 18.5. The van der Waals surface area contributed by atoms with Gasteiger partial charge in [0, 0.05) is 12.8 Å². The molecule has 5 nitrogen and oxygen atoms in total. The van der Waals surface area contributed by atoms with E-state index in [9.17, 15) is 9.90 Å². The van der Waals surface area contributed by atoms with Crippen molar-refractivity contribution in [3.63, 3.8) is 0 Å². The Morgan fingerprint density at radius 2 is 1.96 bits per heavy atom. The molecule has 2 atom stereocenters. The van der Waals surface area contributed by atoms with Crippen LogP contribution >= 0.6 is 0 Å². The van der Waals surface area contributed by atoms with Crippen molar-refractivity contribution in [2.45, 2.75) is 63.3 Å². The summed E-state index contributed by atoms with van der Waals surface area (Å²) in [5.74, 6) is 0. The SMILES string of the molecule is CC(C)(C)OC(=O)N1C2COCC1CC(O)(c1cccc3c1CC=C3)C2. The summed E-state index contributed by atoms with van der Waals surface area (Å²) < 4.78 is 11.3. The van der Waals surface area contributed by atoms with Crippen LogP contribution < -0.4 is 0 Å². The van der Waals surface area contributed by atoms with Crippen LogP contribution in [0, 0.1) is 0 Å². The number of amides is 1. The van der Waals surface area contributed by atoms with Crippen molar-refractivity contribution in [1.29, 1.82) is 0 Å². The van der Waals surface area contributed by atoms with Gasteiger partial charge in [-0.3, -0.25) is 4.90 Å². The first-order valence-electron chi connectivity index (χ1n) is 9.37. The normalized spacial score (nSPS) is 30.2. The molecule has 26 heavy (non-hydrogen) atoms. The average Bonchev–Trinajstić information content (AvgIpc) is 3.00. The van der Waals surface area contributed by atoms with Crippen molar-refractivity contribution in [3.8, 4) is 0 Å². The Balaban J connectivity index is 1.62. The lowest BCUT2D eigenvalue weighted by atomic mass is 9.75. The number of piperidine rings is 1. The first kappa shape index (κ1) is 17.6. The Kier molecular flexibility index (Phi) is 4.12. The van der Waals surface area contributed by atoms with Gasteiger partial charge in [0.15, 0.2) is 0 Å². The van der Waals surface area contributed by atoms with Crippen LogP contribution in [0.5, 0.6) is 0 Å². The van der Waals surface area contributed by atoms with Gasteiger partial charge >= 0.3 is 6.09 Å². The third-order valence-corrected chi connectivity index (χ3v) is 5.49. The van der Waals surface area contributed by atoms with Crippen LogP contribution in [-0.2, 0) is 21.5 Å². The number of hydrogen-bond acceptors (Lipinski definition) is 4. The molecule has 1 aromatic rings. The number of ether oxygens (including phenoxy) is 2. The molecule has 0 saturated carbocycles. The minimum absolute atomic E-state index is 0.174. The zero-order valence-electron chi connectivity index (χ0n) is 15.7. The number of carbonyl (C=O) groups is 1. The van der Waals surface area contributed by atoms with Crippen LogP contribution in [0.4, 0.5) is 4.79 Å². The van der Waals surface area contributed by atoms with E-state index in [1.54, 1.807) is 4.90 Å². The highest BCUT2D eigenvalue weighted by atomic mass is 16.6. The highest BCUT2D eigenvalue weighted by Crippen LogP contribution is 2.44. The number of nitrogens with zero attached hydrogens (tertiary/aromatic N) is 1. The largest absolute Gasteiger partial charge is 0.444 e. The second-order valence-electron chi connectivity index (χ2n) is 8.65. The Morgan fingerprint density at radius 1 is 1.27 bits per heavy atom. The minimum Gasteiger partial charge on any atom is -0.444 e. The predicted octanol–water partition coefficient (Wildman–Crippen LogP) is 3.24. The lowest BCUT2D eigenvalue weighted by Gasteiger charge is -2.51. The van der Waals surface area contributed by atoms with Gasteiger partial charge in [0.05, 0.1) is 30.9 Å². The van der Waals surface area contributed by atoms with E-state index in [0.717, 1.165) is 12.0 Å². The van der Waals surface area contributed by atoms with Gasteiger partial charge in [-0.1, -0.05) is 30.4 Å². The fourth-order valence-electron chi connectivity index (χ4n) is 4.54. The maximum atomic E-state index is 12.7. The summed E-state index contributed by atoms with van der Waals surface area (Å²) in [4.78, 5) is 14.5. The summed E-state index contributed by atoms with van der Waals surface area (Å²) in [6, 6.07) is 5.78. The number of aliphatic hydroxyl groups is 1. The molecule has 5 heteroatoms. The molecule has 0 aromatic heterocycles. The molecule has 2 unspecified atom stereocenters. The van der Waals surface area contributed by atoms with Gasteiger partial charge in [0.2, 0.25) is 0 Å². The van der Waals surface area contributed by atoms with Crippen molar-refractivity contribution in [2.75, 3.05) is 13.2 Å². The van der Waals surface area contributed by atoms with Crippen LogP contribution in [-0.4, -0.2) is 47.0 Å². The fraction of sp³-hybridized carbons (Fsp3) is 0.571. The fourth-order valence-corrected chi connectivity index (χ4v) is 4.54. The highest BCUT2D eigenvalue weighted by Gasteiger charge is 2.50. The Bertz CT molecular complexity index is 735. The molecule has 2 aliphatic heterocycles. The monoisotopic (exact) mass is 357 g/mol. The van der Waals surface area contributed by atoms with Gasteiger partial charge in [-0.15, -0.1) is 0 Å². The van der Waals surface area contributed by atoms with Crippen LogP contribution in [0.2, 0.25) is 0 Å². The predicted molar refractivity (Wildman–Crippen MR) is 98.8 cm³/mol. The lowest BCUT2D eigenvalue weighted by molar-refractivity contribution is -0.141. The van der Waals surface area contributed by atoms with Crippen LogP contribution in [0.3, 0.4) is 0 Å². The first-order chi connectivity index (χ1) is 12.3. The molecule has 1 N–H and O–H groups in total. The minimum atomic E-state index is -0.936. The van der Waals surface area contributed by atoms with Crippen molar-refractivity contribution < 1.29 is 19.4 Å². The Hall–Kier alpha value is -1.85. The average molecular weight is 357 g/mol. The third kappa shape index (κ3) is 3.03. The molecule has 0 spiro atoms. The molecule has 140 valence electrons. The molecule has 1 amide bonds. The van der Waals surface area contributed by atoms with Crippen molar-refractivity contribution in [2.24, 2.45) is 0 Å². The number of carbonyl (C=O) groups excluding carboxylic acids is 1. The number of hydrogen-bond donors (Lipinski definition) is 1. The maximum absolute atomic E-state index is 12.7. The van der Waals surface area contributed by atoms with Gasteiger partial charge < -0.3 is 14.6 Å². The lowest BCUT2D eigenvalue weighted by Crippen LogP contribution is -2.63. The van der Waals surface area contributed by atoms with E-state index in [4.69, 9.17) is 9.47 Å². The number of allylic oxidation sites excluding steroid dienone is 1. The number of fused-ring (bicyclic) bond motifs is 3. The summed E-state index contributed by atoms with van der Waals surface area (Å²) in [5.41, 5.74) is 1.92. The molecule has 2 saturated heterocycles. The summed E-state index contributed by atoms with van der Waals surface area (Å²) >= 11 is 0. The first-order valence-corrected chi connectivity index (χ1v) is 9.37. The summed E-state index contributed by atoms with van der Waals surface area (Å²) in [6.07, 6.45) is 5.74. The smallest absolute Gasteiger partial charge is 0.410 e. The van der Waals surface area contributed by atoms with Gasteiger partial charge in [0.1, 0.15) is 5.60 Å². The Labute approximate surface area is 154 Å². The van der Waals surface area contributed by atoms with Gasteiger partial charge in [0.25, 0.3) is 0 Å². The molecule has 4 rings (SSSR count). The van der Waals surface area contributed by atoms with Crippen LogP contribution in [0.1, 0.15) is 50.3 Å². The van der Waals surface area contributed by atoms with Crippen molar-refractivity contribution in [3.05, 3.63) is 41.0 Å². The second-order valence-corrected chi connectivity index (χ2v) is 8.65. The molecule has 2 heterocycles. The molecule has 0 radical (unpaired) electrons. The zero-order valence-corrected chi connectivity index (χ0v) is 15.7. The molecule has 3 aliphatic rings. The molecule has 2 fully saturated rings. The van der Waals surface area contributed by atoms with Crippen molar-refractivity contribution in [1.82, 2.24) is 4.90 Å². The van der Waals surface area contributed by atoms with Gasteiger partial charge in [-0.05, 0) is 43.9 Å². The van der Waals surface area contributed by atoms with Crippen molar-refractivity contribution >= 4 is 12.2 Å². The van der Waals surface area contributed by atoms with E-state index in [-0.39, 0.29) is 18.2 Å². The topological polar surface area (TPSA) is 59.0 Å². The third-order valence-electron chi connectivity index (χ3n) is 5.49. The molecule has 2 bridgehead atoms. The molecular weight excluding hydrogens is 330 g/mol. The van der Waals surface area contributed by atoms with Crippen LogP contribution in [0.15, 0.2) is 24.3 Å². The number of benzene rings is 1. The summed E-state index contributed by atoms with van der Waals surface area (Å²) in [6.45, 7) is 6.49. The van der Waals surface area contributed by atoms with E-state index in [1.165, 1.54) is 11.1 Å². The van der Waals surface area contributed by atoms with E-state index in [2.05, 4.69) is 18.2 Å². The number of morpholine rings is 1. The second kappa shape index (κ2) is 6.10. The molecule has 1 aromatic carbocycles.